The van der Waals surface area contributed by atoms with Crippen molar-refractivity contribution in [3.05, 3.63) is 0 Å². The average Bonchev–Trinajstić information content (AvgIpc) is 2.30. The van der Waals surface area contributed by atoms with Crippen LogP contribution in [0.5, 0.6) is 0 Å². The van der Waals surface area contributed by atoms with E-state index in [0.717, 1.165) is 19.3 Å². The molecular weight excluding hydrogens is 186 g/mol. The highest BCUT2D eigenvalue weighted by Gasteiger charge is 2.24. The first-order chi connectivity index (χ1) is 7.33. The summed E-state index contributed by atoms with van der Waals surface area (Å²) in [5, 5.41) is 0. The molecule has 0 aromatic carbocycles. The van der Waals surface area contributed by atoms with E-state index in [4.69, 9.17) is 0 Å². The van der Waals surface area contributed by atoms with Crippen LogP contribution in [0.1, 0.15) is 65.2 Å². The Hall–Kier alpha value is -0.530. The van der Waals surface area contributed by atoms with Crippen LogP contribution in [0.15, 0.2) is 0 Å². The van der Waals surface area contributed by atoms with Gasteiger partial charge in [-0.2, -0.15) is 0 Å². The topological polar surface area (TPSA) is 20.3 Å². The van der Waals surface area contributed by atoms with Crippen molar-refractivity contribution in [3.63, 3.8) is 0 Å². The first-order valence-electron chi connectivity index (χ1n) is 6.56. The molecule has 1 aliphatic rings. The van der Waals surface area contributed by atoms with Gasteiger partial charge in [0.05, 0.1) is 0 Å². The van der Waals surface area contributed by atoms with Crippen LogP contribution in [0, 0.1) is 0 Å². The first kappa shape index (κ1) is 12.5. The third-order valence-electron chi connectivity index (χ3n) is 3.63. The fourth-order valence-corrected chi connectivity index (χ4v) is 2.75. The number of carbonyl (C=O) groups is 1. The molecule has 15 heavy (non-hydrogen) atoms. The van der Waals surface area contributed by atoms with Crippen LogP contribution in [-0.4, -0.2) is 23.4 Å². The van der Waals surface area contributed by atoms with Gasteiger partial charge in [0.2, 0.25) is 6.41 Å². The number of carbonyl (C=O) groups excluding carboxylic acids is 1. The summed E-state index contributed by atoms with van der Waals surface area (Å²) in [6.07, 6.45) is 10.9. The molecule has 0 aromatic rings. The van der Waals surface area contributed by atoms with Gasteiger partial charge in [-0.1, -0.05) is 39.5 Å². The lowest BCUT2D eigenvalue weighted by Gasteiger charge is -2.37. The van der Waals surface area contributed by atoms with Crippen LogP contribution in [0.25, 0.3) is 0 Å². The van der Waals surface area contributed by atoms with Crippen molar-refractivity contribution in [1.82, 2.24) is 4.90 Å². The number of hydrogen-bond donors (Lipinski definition) is 0. The van der Waals surface area contributed by atoms with E-state index in [-0.39, 0.29) is 0 Å². The molecule has 0 spiro atoms. The Bertz CT molecular complexity index is 171. The van der Waals surface area contributed by atoms with Gasteiger partial charge < -0.3 is 4.90 Å². The predicted octanol–water partition coefficient (Wildman–Crippen LogP) is 3.36. The highest BCUT2D eigenvalue weighted by Crippen LogP contribution is 2.25. The summed E-state index contributed by atoms with van der Waals surface area (Å²) in [7, 11) is 0. The van der Waals surface area contributed by atoms with Gasteiger partial charge in [0.15, 0.2) is 0 Å². The smallest absolute Gasteiger partial charge is 0.210 e. The Morgan fingerprint density at radius 3 is 2.40 bits per heavy atom. The average molecular weight is 211 g/mol. The van der Waals surface area contributed by atoms with Gasteiger partial charge in [0.25, 0.3) is 0 Å². The Kier molecular flexibility index (Phi) is 5.74. The molecule has 0 saturated heterocycles. The van der Waals surface area contributed by atoms with E-state index in [2.05, 4.69) is 18.7 Å². The molecule has 2 heteroatoms. The minimum atomic E-state index is 0.482. The molecular formula is C13H25NO. The molecule has 1 aliphatic carbocycles. The van der Waals surface area contributed by atoms with Crippen LogP contribution in [0.3, 0.4) is 0 Å². The molecule has 1 atom stereocenters. The Morgan fingerprint density at radius 1 is 1.27 bits per heavy atom. The van der Waals surface area contributed by atoms with Crippen LogP contribution in [0.4, 0.5) is 0 Å². The number of hydrogen-bond acceptors (Lipinski definition) is 1. The number of amides is 1. The lowest BCUT2D eigenvalue weighted by molar-refractivity contribution is -0.123. The van der Waals surface area contributed by atoms with E-state index in [9.17, 15) is 4.79 Å². The lowest BCUT2D eigenvalue weighted by atomic mass is 9.92. The second-order valence-corrected chi connectivity index (χ2v) is 4.70. The van der Waals surface area contributed by atoms with Crippen molar-refractivity contribution >= 4 is 6.41 Å². The monoisotopic (exact) mass is 211 g/mol. The molecule has 1 rings (SSSR count). The maximum atomic E-state index is 11.2. The summed E-state index contributed by atoms with van der Waals surface area (Å²) >= 11 is 0. The zero-order chi connectivity index (χ0) is 11.1. The van der Waals surface area contributed by atoms with Gasteiger partial charge in [0.1, 0.15) is 0 Å². The Labute approximate surface area is 94.0 Å². The fraction of sp³-hybridized carbons (Fsp3) is 0.923. The zero-order valence-electron chi connectivity index (χ0n) is 10.2. The van der Waals surface area contributed by atoms with Crippen molar-refractivity contribution in [3.8, 4) is 0 Å². The van der Waals surface area contributed by atoms with Crippen molar-refractivity contribution < 1.29 is 4.79 Å². The van der Waals surface area contributed by atoms with Crippen LogP contribution in [-0.2, 0) is 4.79 Å². The zero-order valence-corrected chi connectivity index (χ0v) is 10.2. The van der Waals surface area contributed by atoms with Crippen LogP contribution in [0.2, 0.25) is 0 Å². The molecule has 1 amide bonds. The van der Waals surface area contributed by atoms with E-state index >= 15 is 0 Å². The summed E-state index contributed by atoms with van der Waals surface area (Å²) in [6, 6.07) is 1.02. The van der Waals surface area contributed by atoms with E-state index in [1.807, 2.05) is 0 Å². The molecule has 1 unspecified atom stereocenters. The maximum Gasteiger partial charge on any atom is 0.210 e. The number of nitrogens with zero attached hydrogens (tertiary/aromatic N) is 1. The van der Waals surface area contributed by atoms with Gasteiger partial charge >= 0.3 is 0 Å². The molecule has 0 radical (unpaired) electrons. The summed E-state index contributed by atoms with van der Waals surface area (Å²) in [5.74, 6) is 0. The molecule has 88 valence electrons. The van der Waals surface area contributed by atoms with Crippen molar-refractivity contribution in [2.45, 2.75) is 77.3 Å². The standard InChI is InChI=1S/C13H25NO/c1-3-8-12(4-2)14(11-15)13-9-6-5-7-10-13/h11-13H,3-10H2,1-2H3. The molecule has 1 saturated carbocycles. The summed E-state index contributed by atoms with van der Waals surface area (Å²) in [4.78, 5) is 13.3. The quantitative estimate of drug-likeness (QED) is 0.617. The fourth-order valence-electron chi connectivity index (χ4n) is 2.75. The van der Waals surface area contributed by atoms with Gasteiger partial charge in [-0.3, -0.25) is 4.79 Å². The third-order valence-corrected chi connectivity index (χ3v) is 3.63. The molecule has 1 fully saturated rings. The van der Waals surface area contributed by atoms with Crippen LogP contribution >= 0.6 is 0 Å². The lowest BCUT2D eigenvalue weighted by Crippen LogP contribution is -2.43. The Morgan fingerprint density at radius 2 is 1.93 bits per heavy atom. The highest BCUT2D eigenvalue weighted by atomic mass is 16.1. The van der Waals surface area contributed by atoms with Gasteiger partial charge in [-0.25, -0.2) is 0 Å². The second kappa shape index (κ2) is 6.86. The summed E-state index contributed by atoms with van der Waals surface area (Å²) in [6.45, 7) is 4.40. The second-order valence-electron chi connectivity index (χ2n) is 4.70. The van der Waals surface area contributed by atoms with E-state index in [0.29, 0.717) is 12.1 Å². The summed E-state index contributed by atoms with van der Waals surface area (Å²) < 4.78 is 0. The first-order valence-corrected chi connectivity index (χ1v) is 6.56. The third kappa shape index (κ3) is 3.51. The minimum absolute atomic E-state index is 0.482. The highest BCUT2D eigenvalue weighted by molar-refractivity contribution is 5.48. The van der Waals surface area contributed by atoms with E-state index in [1.165, 1.54) is 38.5 Å². The largest absolute Gasteiger partial charge is 0.339 e. The summed E-state index contributed by atoms with van der Waals surface area (Å²) in [5.41, 5.74) is 0. The molecule has 0 aliphatic heterocycles. The minimum Gasteiger partial charge on any atom is -0.339 e. The van der Waals surface area contributed by atoms with Crippen LogP contribution < -0.4 is 0 Å². The molecule has 0 aromatic heterocycles. The van der Waals surface area contributed by atoms with Gasteiger partial charge in [0, 0.05) is 12.1 Å². The maximum absolute atomic E-state index is 11.2. The van der Waals surface area contributed by atoms with E-state index in [1.54, 1.807) is 0 Å². The Balaban J connectivity index is 2.53. The molecule has 0 bridgehead atoms. The normalized spacial score (nSPS) is 19.9. The molecule has 0 N–H and O–H groups in total. The van der Waals surface area contributed by atoms with E-state index < -0.39 is 0 Å². The molecule has 2 nitrogen and oxygen atoms in total. The van der Waals surface area contributed by atoms with Crippen molar-refractivity contribution in [2.24, 2.45) is 0 Å². The van der Waals surface area contributed by atoms with Crippen molar-refractivity contribution in [1.29, 1.82) is 0 Å². The SMILES string of the molecule is CCCC(CC)N(C=O)C1CCCCC1. The van der Waals surface area contributed by atoms with Gasteiger partial charge in [-0.15, -0.1) is 0 Å². The number of rotatable bonds is 6. The van der Waals surface area contributed by atoms with Crippen molar-refractivity contribution in [2.75, 3.05) is 0 Å². The molecule has 0 heterocycles. The predicted molar refractivity (Wildman–Crippen MR) is 63.8 cm³/mol. The van der Waals surface area contributed by atoms with Gasteiger partial charge in [-0.05, 0) is 25.7 Å².